The summed E-state index contributed by atoms with van der Waals surface area (Å²) < 4.78 is 53.5. The molecular formula is C13H10F4N2O. The summed E-state index contributed by atoms with van der Waals surface area (Å²) in [4.78, 5) is 3.55. The van der Waals surface area contributed by atoms with Crippen LogP contribution in [0.25, 0.3) is 0 Å². The first-order chi connectivity index (χ1) is 9.44. The van der Waals surface area contributed by atoms with Crippen molar-refractivity contribution in [2.24, 2.45) is 0 Å². The summed E-state index contributed by atoms with van der Waals surface area (Å²) in [5.74, 6) is -0.745. The van der Waals surface area contributed by atoms with Crippen LogP contribution in [0.1, 0.15) is 5.56 Å². The Morgan fingerprint density at radius 1 is 1.05 bits per heavy atom. The normalized spacial score (nSPS) is 11.2. The average molecular weight is 286 g/mol. The van der Waals surface area contributed by atoms with Gasteiger partial charge in [0.25, 0.3) is 0 Å². The van der Waals surface area contributed by atoms with Gasteiger partial charge in [-0.05, 0) is 18.2 Å². The lowest BCUT2D eigenvalue weighted by Gasteiger charge is -2.13. The highest BCUT2D eigenvalue weighted by atomic mass is 19.4. The summed E-state index contributed by atoms with van der Waals surface area (Å²) in [6.07, 6.45) is -4.76. The maximum Gasteiger partial charge on any atom is 0.573 e. The minimum Gasteiger partial charge on any atom is -0.405 e. The molecule has 0 aliphatic heterocycles. The van der Waals surface area contributed by atoms with Gasteiger partial charge in [-0.1, -0.05) is 24.3 Å². The van der Waals surface area contributed by atoms with Crippen LogP contribution < -0.4 is 10.1 Å². The Morgan fingerprint density at radius 2 is 1.80 bits per heavy atom. The highest BCUT2D eigenvalue weighted by molar-refractivity contribution is 5.39. The summed E-state index contributed by atoms with van der Waals surface area (Å²) in [5.41, 5.74) is 0.288. The monoisotopic (exact) mass is 286 g/mol. The smallest absolute Gasteiger partial charge is 0.405 e. The predicted octanol–water partition coefficient (Wildman–Crippen LogP) is 3.73. The third-order valence-corrected chi connectivity index (χ3v) is 2.37. The quantitative estimate of drug-likeness (QED) is 0.687. The summed E-state index contributed by atoms with van der Waals surface area (Å²) in [6.45, 7) is 0.0305. The molecule has 0 bridgehead atoms. The lowest BCUT2D eigenvalue weighted by atomic mass is 10.2. The number of hydrogen-bond acceptors (Lipinski definition) is 3. The fourth-order valence-electron chi connectivity index (χ4n) is 1.57. The molecule has 0 saturated heterocycles. The second-order valence-corrected chi connectivity index (χ2v) is 3.85. The number of ether oxygens (including phenoxy) is 1. The van der Waals surface area contributed by atoms with Crippen molar-refractivity contribution in [1.82, 2.24) is 4.98 Å². The van der Waals surface area contributed by atoms with Crippen LogP contribution in [0.15, 0.2) is 42.5 Å². The number of pyridine rings is 1. The van der Waals surface area contributed by atoms with Gasteiger partial charge in [0.15, 0.2) is 0 Å². The number of benzene rings is 1. The zero-order valence-corrected chi connectivity index (χ0v) is 10.1. The van der Waals surface area contributed by atoms with Crippen LogP contribution in [-0.4, -0.2) is 11.3 Å². The van der Waals surface area contributed by atoms with E-state index in [9.17, 15) is 17.6 Å². The van der Waals surface area contributed by atoms with Crippen molar-refractivity contribution in [2.45, 2.75) is 12.9 Å². The SMILES string of the molecule is Fc1cccc(NCc2ccccc2OC(F)(F)F)n1. The summed E-state index contributed by atoms with van der Waals surface area (Å²) >= 11 is 0. The lowest BCUT2D eigenvalue weighted by molar-refractivity contribution is -0.274. The van der Waals surface area contributed by atoms with E-state index in [2.05, 4.69) is 15.0 Å². The standard InChI is InChI=1S/C13H10F4N2O/c14-11-6-3-7-12(19-11)18-8-9-4-1-2-5-10(9)20-13(15,16)17/h1-7H,8H2,(H,18,19). The molecule has 7 heteroatoms. The second-order valence-electron chi connectivity index (χ2n) is 3.85. The van der Waals surface area contributed by atoms with E-state index in [-0.39, 0.29) is 23.7 Å². The number of alkyl halides is 3. The predicted molar refractivity (Wildman–Crippen MR) is 64.6 cm³/mol. The Balaban J connectivity index is 2.09. The number of nitrogens with one attached hydrogen (secondary N) is 1. The average Bonchev–Trinajstić information content (AvgIpc) is 2.36. The Labute approximate surface area is 112 Å². The molecule has 1 aromatic carbocycles. The molecule has 1 heterocycles. The summed E-state index contributed by atoms with van der Waals surface area (Å²) in [5, 5.41) is 2.73. The Morgan fingerprint density at radius 3 is 2.50 bits per heavy atom. The molecule has 0 atom stereocenters. The van der Waals surface area contributed by atoms with Crippen molar-refractivity contribution in [2.75, 3.05) is 5.32 Å². The first-order valence-electron chi connectivity index (χ1n) is 5.64. The van der Waals surface area contributed by atoms with Crippen LogP contribution in [0.2, 0.25) is 0 Å². The summed E-state index contributed by atoms with van der Waals surface area (Å²) in [6, 6.07) is 9.84. The molecule has 0 amide bonds. The molecule has 0 radical (unpaired) electrons. The zero-order chi connectivity index (χ0) is 14.6. The highest BCUT2D eigenvalue weighted by Gasteiger charge is 2.31. The topological polar surface area (TPSA) is 34.1 Å². The molecular weight excluding hydrogens is 276 g/mol. The molecule has 106 valence electrons. The van der Waals surface area contributed by atoms with Gasteiger partial charge in [0.1, 0.15) is 11.6 Å². The molecule has 2 aromatic rings. The minimum atomic E-state index is -4.76. The van der Waals surface area contributed by atoms with Crippen LogP contribution in [0.4, 0.5) is 23.4 Å². The second kappa shape index (κ2) is 5.77. The first-order valence-corrected chi connectivity index (χ1v) is 5.64. The van der Waals surface area contributed by atoms with Crippen molar-refractivity contribution in [1.29, 1.82) is 0 Å². The summed E-state index contributed by atoms with van der Waals surface area (Å²) in [7, 11) is 0. The van der Waals surface area contributed by atoms with Gasteiger partial charge in [0, 0.05) is 12.1 Å². The van der Waals surface area contributed by atoms with Crippen molar-refractivity contribution in [3.63, 3.8) is 0 Å². The molecule has 0 saturated carbocycles. The first kappa shape index (κ1) is 14.1. The number of nitrogens with zero attached hydrogens (tertiary/aromatic N) is 1. The van der Waals surface area contributed by atoms with Crippen LogP contribution in [0, 0.1) is 5.95 Å². The van der Waals surface area contributed by atoms with Crippen molar-refractivity contribution in [3.05, 3.63) is 54.0 Å². The maximum absolute atomic E-state index is 12.9. The fourth-order valence-corrected chi connectivity index (χ4v) is 1.57. The molecule has 0 unspecified atom stereocenters. The maximum atomic E-state index is 12.9. The van der Waals surface area contributed by atoms with Gasteiger partial charge in [-0.3, -0.25) is 0 Å². The van der Waals surface area contributed by atoms with Gasteiger partial charge >= 0.3 is 6.36 Å². The number of hydrogen-bond donors (Lipinski definition) is 1. The number of para-hydroxylation sites is 1. The van der Waals surface area contributed by atoms with Gasteiger partial charge in [0.2, 0.25) is 5.95 Å². The van der Waals surface area contributed by atoms with Crippen LogP contribution in [0.5, 0.6) is 5.75 Å². The molecule has 0 spiro atoms. The Hall–Kier alpha value is -2.31. The molecule has 0 aliphatic carbocycles. The van der Waals surface area contributed by atoms with E-state index in [1.165, 1.54) is 36.4 Å². The van der Waals surface area contributed by atoms with E-state index >= 15 is 0 Å². The molecule has 1 N–H and O–H groups in total. The highest BCUT2D eigenvalue weighted by Crippen LogP contribution is 2.26. The molecule has 2 rings (SSSR count). The molecule has 1 aromatic heterocycles. The Kier molecular flexibility index (Phi) is 4.07. The number of anilines is 1. The van der Waals surface area contributed by atoms with Crippen LogP contribution in [-0.2, 0) is 6.54 Å². The van der Waals surface area contributed by atoms with E-state index in [4.69, 9.17) is 0 Å². The molecule has 3 nitrogen and oxygen atoms in total. The fraction of sp³-hybridized carbons (Fsp3) is 0.154. The van der Waals surface area contributed by atoms with E-state index < -0.39 is 12.3 Å². The molecule has 0 fully saturated rings. The Bertz CT molecular complexity index is 587. The van der Waals surface area contributed by atoms with E-state index in [1.807, 2.05) is 0 Å². The van der Waals surface area contributed by atoms with Gasteiger partial charge in [-0.15, -0.1) is 13.2 Å². The third kappa shape index (κ3) is 4.11. The number of halogens is 4. The van der Waals surface area contributed by atoms with Crippen molar-refractivity contribution >= 4 is 5.82 Å². The lowest BCUT2D eigenvalue weighted by Crippen LogP contribution is -2.18. The van der Waals surface area contributed by atoms with Crippen LogP contribution in [0.3, 0.4) is 0 Å². The van der Waals surface area contributed by atoms with Gasteiger partial charge < -0.3 is 10.1 Å². The molecule has 0 aliphatic rings. The third-order valence-electron chi connectivity index (χ3n) is 2.37. The largest absolute Gasteiger partial charge is 0.573 e. The van der Waals surface area contributed by atoms with Gasteiger partial charge in [0.05, 0.1) is 0 Å². The van der Waals surface area contributed by atoms with Gasteiger partial charge in [-0.2, -0.15) is 4.39 Å². The molecule has 20 heavy (non-hydrogen) atoms. The number of aromatic nitrogens is 1. The van der Waals surface area contributed by atoms with E-state index in [1.54, 1.807) is 6.07 Å². The minimum absolute atomic E-state index is 0.0305. The van der Waals surface area contributed by atoms with Crippen LogP contribution >= 0.6 is 0 Å². The van der Waals surface area contributed by atoms with Crippen molar-refractivity contribution in [3.8, 4) is 5.75 Å². The van der Waals surface area contributed by atoms with Gasteiger partial charge in [-0.25, -0.2) is 4.98 Å². The van der Waals surface area contributed by atoms with E-state index in [0.29, 0.717) is 0 Å². The van der Waals surface area contributed by atoms with Crippen molar-refractivity contribution < 1.29 is 22.3 Å². The number of rotatable bonds is 4. The van der Waals surface area contributed by atoms with E-state index in [0.717, 1.165) is 0 Å². The zero-order valence-electron chi connectivity index (χ0n) is 10.1.